The van der Waals surface area contributed by atoms with Crippen molar-refractivity contribution in [3.05, 3.63) is 116 Å². The molecule has 2 aromatic heterocycles. The molecule has 0 bridgehead atoms. The largest absolute Gasteiger partial charge is 0.404 e. The van der Waals surface area contributed by atoms with E-state index < -0.39 is 5.91 Å². The van der Waals surface area contributed by atoms with E-state index in [1.54, 1.807) is 0 Å². The molecular formula is C33H18N8+2. The third-order valence-electron chi connectivity index (χ3n) is 9.60. The smallest absolute Gasteiger partial charge is 0.192 e. The highest BCUT2D eigenvalue weighted by Crippen LogP contribution is 2.51. The van der Waals surface area contributed by atoms with Gasteiger partial charge in [0.15, 0.2) is 0 Å². The van der Waals surface area contributed by atoms with Crippen molar-refractivity contribution in [1.82, 2.24) is 9.13 Å². The number of hydrogen-bond acceptors (Lipinski definition) is 4. The van der Waals surface area contributed by atoms with Gasteiger partial charge in [-0.05, 0) is 49.2 Å². The van der Waals surface area contributed by atoms with Crippen molar-refractivity contribution in [2.24, 2.45) is 20.0 Å². The van der Waals surface area contributed by atoms with Gasteiger partial charge >= 0.3 is 5.91 Å². The van der Waals surface area contributed by atoms with E-state index in [9.17, 15) is 0 Å². The Hall–Kier alpha value is -5.50. The molecule has 5 aromatic rings. The Morgan fingerprint density at radius 2 is 1.00 bits per heavy atom. The summed E-state index contributed by atoms with van der Waals surface area (Å²) < 4.78 is 9.43. The Balaban J connectivity index is 1.45. The van der Waals surface area contributed by atoms with Gasteiger partial charge in [-0.25, -0.2) is 0 Å². The maximum atomic E-state index is 5.45. The lowest BCUT2D eigenvalue weighted by Crippen LogP contribution is -2.72. The minimum absolute atomic E-state index is 0.895. The molecule has 0 amide bonds. The maximum absolute atomic E-state index is 5.45. The van der Waals surface area contributed by atoms with Crippen LogP contribution in [-0.4, -0.2) is 41.6 Å². The van der Waals surface area contributed by atoms with Gasteiger partial charge in [-0.1, -0.05) is 68.5 Å². The number of hydrogen-bond donors (Lipinski definition) is 0. The van der Waals surface area contributed by atoms with Crippen LogP contribution in [0, 0.1) is 0 Å². The van der Waals surface area contributed by atoms with Gasteiger partial charge in [0.25, 0.3) is 23.3 Å². The number of aliphatic imine (C=N–C) groups is 2. The first-order valence-electron chi connectivity index (χ1n) is 14.1. The number of fused-ring (bicyclic) bond motifs is 12. The van der Waals surface area contributed by atoms with Gasteiger partial charge in [0, 0.05) is 21.2 Å². The number of benzene rings is 3. The third kappa shape index (κ3) is 1.79. The van der Waals surface area contributed by atoms with Crippen LogP contribution in [0.3, 0.4) is 0 Å². The average Bonchev–Trinajstić information content (AvgIpc) is 3.74. The van der Waals surface area contributed by atoms with Crippen molar-refractivity contribution in [2.45, 2.75) is 18.8 Å². The fourth-order valence-corrected chi connectivity index (χ4v) is 8.10. The molecule has 1 aliphatic carbocycles. The molecule has 7 aliphatic rings. The minimum atomic E-state index is -0.895. The monoisotopic (exact) mass is 526 g/mol. The lowest BCUT2D eigenvalue weighted by Gasteiger charge is -2.40. The number of rotatable bonds is 0. The summed E-state index contributed by atoms with van der Waals surface area (Å²) in [4.78, 5) is 21.8. The van der Waals surface area contributed by atoms with Crippen molar-refractivity contribution in [3.63, 3.8) is 0 Å². The molecule has 0 fully saturated rings. The fourth-order valence-electron chi connectivity index (χ4n) is 8.10. The summed E-state index contributed by atoms with van der Waals surface area (Å²) in [6.07, 6.45) is 6.67. The Morgan fingerprint density at radius 3 is 1.51 bits per heavy atom. The number of aromatic nitrogens is 2. The van der Waals surface area contributed by atoms with E-state index in [2.05, 4.69) is 103 Å². The predicted octanol–water partition coefficient (Wildman–Crippen LogP) is 1.91. The molecule has 6 aliphatic heterocycles. The first kappa shape index (κ1) is 19.5. The maximum Gasteiger partial charge on any atom is 0.404 e. The van der Waals surface area contributed by atoms with E-state index in [0.29, 0.717) is 0 Å². The molecule has 188 valence electrons. The van der Waals surface area contributed by atoms with Crippen LogP contribution in [0.1, 0.15) is 35.1 Å². The van der Waals surface area contributed by atoms with Gasteiger partial charge in [0.05, 0.1) is 22.3 Å². The second-order valence-corrected chi connectivity index (χ2v) is 11.4. The Bertz CT molecular complexity index is 2460. The topological polar surface area (TPSA) is 65.3 Å². The first-order chi connectivity index (χ1) is 20.4. The van der Waals surface area contributed by atoms with Crippen molar-refractivity contribution in [3.8, 4) is 0 Å². The van der Waals surface area contributed by atoms with Crippen LogP contribution in [0.25, 0.3) is 22.9 Å². The van der Waals surface area contributed by atoms with Gasteiger partial charge < -0.3 is 0 Å². The Morgan fingerprint density at radius 1 is 0.537 bits per heavy atom. The van der Waals surface area contributed by atoms with Crippen molar-refractivity contribution in [1.29, 1.82) is 0 Å². The highest BCUT2D eigenvalue weighted by atomic mass is 15.7. The van der Waals surface area contributed by atoms with Crippen LogP contribution < -0.4 is 21.4 Å². The van der Waals surface area contributed by atoms with Crippen LogP contribution in [0.4, 0.5) is 11.6 Å². The number of nitrogens with zero attached hydrogens (tertiary/aromatic N) is 8. The fraction of sp³-hybridized carbons (Fsp3) is 0.0909. The Labute approximate surface area is 231 Å². The van der Waals surface area contributed by atoms with Gasteiger partial charge in [-0.2, -0.15) is 9.13 Å². The molecule has 8 nitrogen and oxygen atoms in total. The first-order valence-corrected chi connectivity index (χ1v) is 14.1. The standard InChI is InChI=1S/C33H18N8/c1-2-10-18-17(9-1)25-34-27-19-11-3-4-12-20(19)29-36-31-23-15-7-8-16-24(23)32-37-30-22-14-6-5-13-21(22)28-35-26(18)38(25)33(39(27)29,40(28)30)41(31)32/h1-6,9-16H,7-8H2/q+2. The van der Waals surface area contributed by atoms with Gasteiger partial charge in [-0.15, -0.1) is 9.15 Å². The van der Waals surface area contributed by atoms with Gasteiger partial charge in [0.1, 0.15) is 0 Å². The predicted molar refractivity (Wildman–Crippen MR) is 153 cm³/mol. The molecule has 0 N–H and O–H groups in total. The van der Waals surface area contributed by atoms with E-state index in [4.69, 9.17) is 20.0 Å². The summed E-state index contributed by atoms with van der Waals surface area (Å²) in [6, 6.07) is 25.6. The Kier molecular flexibility index (Phi) is 2.85. The van der Waals surface area contributed by atoms with E-state index >= 15 is 0 Å². The van der Waals surface area contributed by atoms with Crippen molar-refractivity contribution in [2.75, 3.05) is 0 Å². The summed E-state index contributed by atoms with van der Waals surface area (Å²) in [6.45, 7) is 0. The van der Waals surface area contributed by atoms with Crippen LogP contribution in [-0.2, 0) is 5.91 Å². The molecule has 0 unspecified atom stereocenters. The zero-order valence-corrected chi connectivity index (χ0v) is 21.6. The van der Waals surface area contributed by atoms with E-state index in [1.807, 2.05) is 0 Å². The van der Waals surface area contributed by atoms with Crippen molar-refractivity contribution < 1.29 is 9.15 Å². The lowest BCUT2D eigenvalue weighted by atomic mass is 10.1. The summed E-state index contributed by atoms with van der Waals surface area (Å²) in [5, 5.41) is 4.53. The molecule has 1 spiro atoms. The summed E-state index contributed by atoms with van der Waals surface area (Å²) >= 11 is 0. The summed E-state index contributed by atoms with van der Waals surface area (Å²) in [7, 11) is 0. The summed E-state index contributed by atoms with van der Waals surface area (Å²) in [5.74, 6) is 4.60. The lowest BCUT2D eigenvalue weighted by molar-refractivity contribution is -0.790. The van der Waals surface area contributed by atoms with E-state index in [-0.39, 0.29) is 0 Å². The van der Waals surface area contributed by atoms with Crippen LogP contribution in [0.15, 0.2) is 92.8 Å². The molecule has 0 atom stereocenters. The van der Waals surface area contributed by atoms with Gasteiger partial charge in [-0.3, -0.25) is 0 Å². The van der Waals surface area contributed by atoms with E-state index in [0.717, 1.165) is 91.8 Å². The summed E-state index contributed by atoms with van der Waals surface area (Å²) in [5.41, 5.74) is 6.30. The molecule has 8 heterocycles. The van der Waals surface area contributed by atoms with Gasteiger partial charge in [0.2, 0.25) is 22.6 Å². The average molecular weight is 527 g/mol. The zero-order valence-electron chi connectivity index (χ0n) is 21.6. The van der Waals surface area contributed by atoms with Crippen LogP contribution in [0.2, 0.25) is 0 Å². The SMILES string of the molecule is C1=c2c(c3n4c2=NC2=[N+]5C(=Nc6c7ccccc7c7n6C45[N+]4=C(N=3)c3ccccc3C4=N7)c3ccccc32)=CCC1. The minimum Gasteiger partial charge on any atom is -0.192 e. The van der Waals surface area contributed by atoms with E-state index in [1.165, 1.54) is 10.4 Å². The molecule has 8 heteroatoms. The molecule has 3 aromatic carbocycles. The third-order valence-corrected chi connectivity index (χ3v) is 9.60. The molecule has 0 saturated carbocycles. The quantitative estimate of drug-likeness (QED) is 0.277. The highest BCUT2D eigenvalue weighted by Gasteiger charge is 2.69. The normalized spacial score (nSPS) is 19.6. The zero-order chi connectivity index (χ0) is 26.2. The second kappa shape index (κ2) is 5.97. The molecule has 0 radical (unpaired) electrons. The second-order valence-electron chi connectivity index (χ2n) is 11.4. The molecule has 41 heavy (non-hydrogen) atoms. The van der Waals surface area contributed by atoms with Crippen LogP contribution in [0.5, 0.6) is 0 Å². The molecular weight excluding hydrogens is 508 g/mol. The highest BCUT2D eigenvalue weighted by molar-refractivity contribution is 6.19. The van der Waals surface area contributed by atoms with Crippen molar-refractivity contribution >= 4 is 57.9 Å². The molecule has 12 rings (SSSR count). The van der Waals surface area contributed by atoms with Crippen LogP contribution >= 0.6 is 0 Å². The molecule has 0 saturated heterocycles. The number of amidine groups is 4.